The van der Waals surface area contributed by atoms with Gasteiger partial charge in [0.15, 0.2) is 0 Å². The fraction of sp³-hybridized carbons (Fsp3) is 0.0909. The average molecular weight is 230 g/mol. The molecule has 0 unspecified atom stereocenters. The van der Waals surface area contributed by atoms with Gasteiger partial charge in [0.05, 0.1) is 6.42 Å². The van der Waals surface area contributed by atoms with Gasteiger partial charge in [0.2, 0.25) is 0 Å². The van der Waals surface area contributed by atoms with Crippen LogP contribution in [0.3, 0.4) is 0 Å². The molecule has 0 saturated heterocycles. The first kappa shape index (κ1) is 11.0. The average Bonchev–Trinajstić information content (AvgIpc) is 2.30. The summed E-state index contributed by atoms with van der Waals surface area (Å²) in [7, 11) is 0. The Labute approximate surface area is 97.2 Å². The van der Waals surface area contributed by atoms with E-state index in [1.165, 1.54) is 6.20 Å². The van der Waals surface area contributed by atoms with Crippen molar-refractivity contribution in [3.05, 3.63) is 47.7 Å². The maximum Gasteiger partial charge on any atom is 0.341 e. The largest absolute Gasteiger partial charge is 0.477 e. The molecule has 0 fully saturated rings. The number of hydrogen-bond acceptors (Lipinski definition) is 5. The van der Waals surface area contributed by atoms with Crippen molar-refractivity contribution in [3.8, 4) is 0 Å². The third-order valence-corrected chi connectivity index (χ3v) is 2.16. The van der Waals surface area contributed by atoms with Crippen molar-refractivity contribution in [2.45, 2.75) is 6.42 Å². The molecule has 86 valence electrons. The normalized spacial score (nSPS) is 10.1. The van der Waals surface area contributed by atoms with Crippen LogP contribution >= 0.6 is 0 Å². The van der Waals surface area contributed by atoms with E-state index in [4.69, 9.17) is 10.8 Å². The van der Waals surface area contributed by atoms with Gasteiger partial charge < -0.3 is 10.8 Å². The molecule has 2 heterocycles. The van der Waals surface area contributed by atoms with Crippen molar-refractivity contribution in [2.75, 3.05) is 5.73 Å². The van der Waals surface area contributed by atoms with Gasteiger partial charge in [0, 0.05) is 18.1 Å². The molecule has 0 amide bonds. The Hall–Kier alpha value is -2.50. The lowest BCUT2D eigenvalue weighted by Gasteiger charge is -2.03. The van der Waals surface area contributed by atoms with Crippen LogP contribution in [0.4, 0.5) is 5.82 Å². The Kier molecular flexibility index (Phi) is 2.95. The molecule has 2 aromatic rings. The number of nitrogen functional groups attached to an aromatic ring is 1. The van der Waals surface area contributed by atoms with Gasteiger partial charge in [0.25, 0.3) is 0 Å². The molecule has 0 radical (unpaired) electrons. The van der Waals surface area contributed by atoms with Crippen LogP contribution in [0.5, 0.6) is 0 Å². The number of carboxylic acid groups (broad SMARTS) is 1. The second kappa shape index (κ2) is 4.56. The highest BCUT2D eigenvalue weighted by Crippen LogP contribution is 2.09. The summed E-state index contributed by atoms with van der Waals surface area (Å²) < 4.78 is 0. The molecule has 0 atom stereocenters. The van der Waals surface area contributed by atoms with Crippen LogP contribution in [-0.4, -0.2) is 26.0 Å². The lowest BCUT2D eigenvalue weighted by atomic mass is 10.2. The highest BCUT2D eigenvalue weighted by Gasteiger charge is 2.11. The number of aromatic nitrogens is 3. The molecule has 2 aromatic heterocycles. The van der Waals surface area contributed by atoms with E-state index in [9.17, 15) is 4.79 Å². The van der Waals surface area contributed by atoms with Crippen molar-refractivity contribution < 1.29 is 9.90 Å². The highest BCUT2D eigenvalue weighted by molar-refractivity contribution is 5.92. The number of carbonyl (C=O) groups is 1. The molecule has 6 nitrogen and oxygen atoms in total. The van der Waals surface area contributed by atoms with E-state index in [0.717, 1.165) is 5.69 Å². The van der Waals surface area contributed by atoms with E-state index < -0.39 is 5.97 Å². The standard InChI is InChI=1S/C11H10N4O2/c12-10-8(11(16)17)6-14-9(15-10)5-7-3-1-2-4-13-7/h1-4,6H,5H2,(H,16,17)(H2,12,14,15). The SMILES string of the molecule is Nc1nc(Cc2ccccn2)ncc1C(=O)O. The van der Waals surface area contributed by atoms with Gasteiger partial charge in [-0.1, -0.05) is 6.07 Å². The van der Waals surface area contributed by atoms with Crippen molar-refractivity contribution >= 4 is 11.8 Å². The molecule has 6 heteroatoms. The van der Waals surface area contributed by atoms with Gasteiger partial charge in [-0.05, 0) is 12.1 Å². The Morgan fingerprint density at radius 3 is 2.76 bits per heavy atom. The molecule has 0 bridgehead atoms. The summed E-state index contributed by atoms with van der Waals surface area (Å²) in [6, 6.07) is 5.51. The predicted octanol–water partition coefficient (Wildman–Crippen LogP) is 0.743. The van der Waals surface area contributed by atoms with Crippen molar-refractivity contribution in [2.24, 2.45) is 0 Å². The number of nitrogens with two attached hydrogens (primary N) is 1. The van der Waals surface area contributed by atoms with E-state index >= 15 is 0 Å². The first-order chi connectivity index (χ1) is 8.16. The number of anilines is 1. The minimum atomic E-state index is -1.13. The van der Waals surface area contributed by atoms with Gasteiger partial charge in [-0.25, -0.2) is 14.8 Å². The molecule has 0 aliphatic carbocycles. The quantitative estimate of drug-likeness (QED) is 0.806. The lowest BCUT2D eigenvalue weighted by molar-refractivity contribution is 0.0697. The molecular weight excluding hydrogens is 220 g/mol. The summed E-state index contributed by atoms with van der Waals surface area (Å²) in [5, 5.41) is 8.77. The summed E-state index contributed by atoms with van der Waals surface area (Å²) in [5.74, 6) is -0.712. The second-order valence-electron chi connectivity index (χ2n) is 3.39. The van der Waals surface area contributed by atoms with Crippen LogP contribution in [0.2, 0.25) is 0 Å². The van der Waals surface area contributed by atoms with Crippen molar-refractivity contribution in [1.29, 1.82) is 0 Å². The lowest BCUT2D eigenvalue weighted by Crippen LogP contribution is -2.08. The maximum absolute atomic E-state index is 10.7. The van der Waals surface area contributed by atoms with Crippen LogP contribution < -0.4 is 5.73 Å². The van der Waals surface area contributed by atoms with Crippen LogP contribution in [0.25, 0.3) is 0 Å². The predicted molar refractivity (Wildman–Crippen MR) is 60.4 cm³/mol. The van der Waals surface area contributed by atoms with Gasteiger partial charge in [0.1, 0.15) is 17.2 Å². The number of aromatic carboxylic acids is 1. The third-order valence-electron chi connectivity index (χ3n) is 2.16. The van der Waals surface area contributed by atoms with Gasteiger partial charge in [-0.3, -0.25) is 4.98 Å². The van der Waals surface area contributed by atoms with E-state index in [2.05, 4.69) is 15.0 Å². The minimum absolute atomic E-state index is 0.0292. The summed E-state index contributed by atoms with van der Waals surface area (Å²) in [4.78, 5) is 22.7. The summed E-state index contributed by atoms with van der Waals surface area (Å²) in [5.41, 5.74) is 6.24. The molecule has 0 aliphatic heterocycles. The Balaban J connectivity index is 2.24. The summed E-state index contributed by atoms with van der Waals surface area (Å²) in [6.45, 7) is 0. The zero-order valence-electron chi connectivity index (χ0n) is 8.87. The monoisotopic (exact) mass is 230 g/mol. The van der Waals surface area contributed by atoms with Gasteiger partial charge in [-0.15, -0.1) is 0 Å². The fourth-order valence-corrected chi connectivity index (χ4v) is 1.35. The van der Waals surface area contributed by atoms with Crippen molar-refractivity contribution in [3.63, 3.8) is 0 Å². The number of hydrogen-bond donors (Lipinski definition) is 2. The molecule has 0 aliphatic rings. The number of nitrogens with zero attached hydrogens (tertiary/aromatic N) is 3. The molecule has 0 aromatic carbocycles. The zero-order valence-corrected chi connectivity index (χ0v) is 8.87. The van der Waals surface area contributed by atoms with E-state index in [0.29, 0.717) is 12.2 Å². The number of carboxylic acids is 1. The summed E-state index contributed by atoms with van der Waals surface area (Å²) >= 11 is 0. The summed E-state index contributed by atoms with van der Waals surface area (Å²) in [6.07, 6.45) is 3.30. The zero-order chi connectivity index (χ0) is 12.3. The van der Waals surface area contributed by atoms with E-state index in [1.54, 1.807) is 6.20 Å². The van der Waals surface area contributed by atoms with Crippen LogP contribution in [0.15, 0.2) is 30.6 Å². The van der Waals surface area contributed by atoms with Crippen LogP contribution in [-0.2, 0) is 6.42 Å². The number of pyridine rings is 1. The maximum atomic E-state index is 10.7. The minimum Gasteiger partial charge on any atom is -0.477 e. The molecule has 17 heavy (non-hydrogen) atoms. The fourth-order valence-electron chi connectivity index (χ4n) is 1.35. The van der Waals surface area contributed by atoms with E-state index in [-0.39, 0.29) is 11.4 Å². The molecule has 3 N–H and O–H groups in total. The highest BCUT2D eigenvalue weighted by atomic mass is 16.4. The first-order valence-corrected chi connectivity index (χ1v) is 4.91. The van der Waals surface area contributed by atoms with Gasteiger partial charge >= 0.3 is 5.97 Å². The molecule has 2 rings (SSSR count). The van der Waals surface area contributed by atoms with Crippen LogP contribution in [0, 0.1) is 0 Å². The second-order valence-corrected chi connectivity index (χ2v) is 3.39. The smallest absolute Gasteiger partial charge is 0.341 e. The van der Waals surface area contributed by atoms with Crippen molar-refractivity contribution in [1.82, 2.24) is 15.0 Å². The third kappa shape index (κ3) is 2.54. The number of rotatable bonds is 3. The Morgan fingerprint density at radius 2 is 2.18 bits per heavy atom. The van der Waals surface area contributed by atoms with Crippen LogP contribution in [0.1, 0.15) is 21.9 Å². The molecular formula is C11H10N4O2. The molecule has 0 spiro atoms. The molecule has 0 saturated carbocycles. The Morgan fingerprint density at radius 1 is 1.35 bits per heavy atom. The first-order valence-electron chi connectivity index (χ1n) is 4.91. The van der Waals surface area contributed by atoms with Gasteiger partial charge in [-0.2, -0.15) is 0 Å². The van der Waals surface area contributed by atoms with E-state index in [1.807, 2.05) is 18.2 Å². The topological polar surface area (TPSA) is 102 Å². The Bertz CT molecular complexity index is 542.